The van der Waals surface area contributed by atoms with Gasteiger partial charge in [-0.25, -0.2) is 4.79 Å². The molecule has 1 N–H and O–H groups in total. The Kier molecular flexibility index (Phi) is 4.49. The molecule has 1 heterocycles. The molecule has 0 aromatic heterocycles. The smallest absolute Gasteiger partial charge is 0.325 e. The molecule has 1 saturated heterocycles. The van der Waals surface area contributed by atoms with Crippen molar-refractivity contribution in [2.24, 2.45) is 0 Å². The number of rotatable bonds is 3. The number of hydrogen-bond acceptors (Lipinski definition) is 5. The van der Waals surface area contributed by atoms with Gasteiger partial charge >= 0.3 is 5.97 Å². The van der Waals surface area contributed by atoms with Crippen LogP contribution in [0.5, 0.6) is 0 Å². The molecule has 0 bridgehead atoms. The highest BCUT2D eigenvalue weighted by Gasteiger charge is 2.33. The molecule has 0 saturated carbocycles. The highest BCUT2D eigenvalue weighted by molar-refractivity contribution is 6.02. The molecule has 2 rings (SSSR count). The lowest BCUT2D eigenvalue weighted by Gasteiger charge is -2.12. The van der Waals surface area contributed by atoms with Gasteiger partial charge in [-0.2, -0.15) is 0 Å². The summed E-state index contributed by atoms with van der Waals surface area (Å²) < 4.78 is 1.07. The Labute approximate surface area is 133 Å². The molecule has 122 valence electrons. The summed E-state index contributed by atoms with van der Waals surface area (Å²) in [6.45, 7) is 5.54. The van der Waals surface area contributed by atoms with E-state index in [-0.39, 0.29) is 18.4 Å². The molecule has 1 aliphatic rings. The maximum Gasteiger partial charge on any atom is 0.363 e. The summed E-state index contributed by atoms with van der Waals surface area (Å²) in [5.41, 5.74) is 0.441. The first-order chi connectivity index (χ1) is 10.7. The van der Waals surface area contributed by atoms with Crippen molar-refractivity contribution in [3.05, 3.63) is 35.4 Å². The average molecular weight is 319 g/mol. The Morgan fingerprint density at radius 3 is 2.17 bits per heavy atom. The van der Waals surface area contributed by atoms with Crippen LogP contribution in [-0.2, 0) is 14.4 Å². The van der Waals surface area contributed by atoms with Crippen LogP contribution in [-0.4, -0.2) is 44.5 Å². The van der Waals surface area contributed by atoms with Crippen LogP contribution in [0.15, 0.2) is 24.3 Å². The number of hydrogen-bond donors (Lipinski definition) is 1. The van der Waals surface area contributed by atoms with Crippen molar-refractivity contribution in [3.8, 4) is 0 Å². The first kappa shape index (κ1) is 16.7. The summed E-state index contributed by atoms with van der Waals surface area (Å²) >= 11 is 0. The third kappa shape index (κ3) is 3.94. The quantitative estimate of drug-likeness (QED) is 0.300. The fourth-order valence-corrected chi connectivity index (χ4v) is 1.83. The van der Waals surface area contributed by atoms with Gasteiger partial charge in [-0.1, -0.05) is 0 Å². The maximum atomic E-state index is 11.9. The van der Waals surface area contributed by atoms with Gasteiger partial charge in [-0.15, -0.1) is 5.06 Å². The van der Waals surface area contributed by atoms with E-state index in [0.717, 1.165) is 4.74 Å². The summed E-state index contributed by atoms with van der Waals surface area (Å²) in [6.07, 6.45) is 1.64. The number of hydroxylamine groups is 3. The van der Waals surface area contributed by atoms with Crippen LogP contribution in [0.25, 0.3) is 0 Å². The van der Waals surface area contributed by atoms with Gasteiger partial charge in [-0.3, -0.25) is 14.8 Å². The van der Waals surface area contributed by atoms with Gasteiger partial charge in [0.05, 0.1) is 5.56 Å². The van der Waals surface area contributed by atoms with Crippen molar-refractivity contribution >= 4 is 24.0 Å². The molecule has 0 aliphatic carbocycles. The third-order valence-corrected chi connectivity index (χ3v) is 3.29. The van der Waals surface area contributed by atoms with Gasteiger partial charge in [0.2, 0.25) is 11.8 Å². The molecular weight excluding hydrogens is 300 g/mol. The minimum absolute atomic E-state index is 0.0547. The van der Waals surface area contributed by atoms with Gasteiger partial charge in [0.1, 0.15) is 0 Å². The number of amides is 2. The summed E-state index contributed by atoms with van der Waals surface area (Å²) in [5, 5.41) is 10.4. The van der Waals surface area contributed by atoms with Gasteiger partial charge in [0.15, 0.2) is 0 Å². The van der Waals surface area contributed by atoms with E-state index in [1.165, 1.54) is 18.3 Å². The first-order valence-corrected chi connectivity index (χ1v) is 7.20. The molecule has 1 aromatic carbocycles. The van der Waals surface area contributed by atoms with Crippen LogP contribution in [0.3, 0.4) is 0 Å². The molecule has 1 aliphatic heterocycles. The van der Waals surface area contributed by atoms with E-state index >= 15 is 0 Å². The monoisotopic (exact) mass is 319 g/mol. The predicted molar refractivity (Wildman–Crippen MR) is 79.9 cm³/mol. The lowest BCUT2D eigenvalue weighted by Crippen LogP contribution is -2.32. The van der Waals surface area contributed by atoms with Crippen LogP contribution >= 0.6 is 0 Å². The average Bonchev–Trinajstić information content (AvgIpc) is 2.79. The Hall–Kier alpha value is -2.70. The largest absolute Gasteiger partial charge is 0.363 e. The molecule has 1 aromatic rings. The summed E-state index contributed by atoms with van der Waals surface area (Å²) in [6, 6.07) is 6.24. The number of benzene rings is 1. The van der Waals surface area contributed by atoms with Gasteiger partial charge in [-0.05, 0) is 29.0 Å². The van der Waals surface area contributed by atoms with Crippen LogP contribution < -0.4 is 0 Å². The molecule has 7 heteroatoms. The van der Waals surface area contributed by atoms with Gasteiger partial charge in [0.25, 0.3) is 11.8 Å². The Morgan fingerprint density at radius 1 is 1.17 bits per heavy atom. The van der Waals surface area contributed by atoms with Crippen molar-refractivity contribution in [1.29, 1.82) is 0 Å². The number of carbonyl (C=O) groups excluding carboxylic acids is 3. The van der Waals surface area contributed by atoms with Crippen LogP contribution in [0.4, 0.5) is 0 Å². The molecule has 23 heavy (non-hydrogen) atoms. The molecule has 1 fully saturated rings. The molecule has 0 unspecified atom stereocenters. The zero-order valence-corrected chi connectivity index (χ0v) is 13.3. The van der Waals surface area contributed by atoms with Crippen LogP contribution in [0.2, 0.25) is 0 Å². The van der Waals surface area contributed by atoms with E-state index in [9.17, 15) is 19.6 Å². The number of imide groups is 1. The topological polar surface area (TPSA) is 86.9 Å². The van der Waals surface area contributed by atoms with E-state index in [1.54, 1.807) is 12.1 Å². The molecular formula is C16H19N2O5+. The van der Waals surface area contributed by atoms with E-state index in [1.807, 2.05) is 20.8 Å². The fraction of sp³-hybridized carbons (Fsp3) is 0.375. The Morgan fingerprint density at radius 2 is 1.70 bits per heavy atom. The van der Waals surface area contributed by atoms with Crippen molar-refractivity contribution in [1.82, 2.24) is 5.06 Å². The van der Waals surface area contributed by atoms with Crippen molar-refractivity contribution < 1.29 is 29.2 Å². The molecule has 0 atom stereocenters. The SMILES string of the molecule is CC(C)(C)/[N+](O)=C/c1ccc(C(=O)ON2C(=O)CCC2=O)cc1. The second-order valence-corrected chi connectivity index (χ2v) is 6.23. The number of nitrogens with zero attached hydrogens (tertiary/aromatic N) is 2. The highest BCUT2D eigenvalue weighted by atomic mass is 16.7. The van der Waals surface area contributed by atoms with Crippen molar-refractivity contribution in [2.45, 2.75) is 39.2 Å². The highest BCUT2D eigenvalue weighted by Crippen LogP contribution is 2.14. The summed E-state index contributed by atoms with van der Waals surface area (Å²) in [4.78, 5) is 39.6. The first-order valence-electron chi connectivity index (χ1n) is 7.20. The lowest BCUT2D eigenvalue weighted by atomic mass is 10.1. The standard InChI is InChI=1S/C16H19N2O5/c1-16(2,3)17(22)10-11-4-6-12(7-5-11)15(21)23-18-13(19)8-9-14(18)20/h4-7,10,22H,8-9H2,1-3H3/q+1/b17-10-. The zero-order chi connectivity index (χ0) is 17.2. The van der Waals surface area contributed by atoms with Crippen LogP contribution in [0.1, 0.15) is 49.5 Å². The number of carbonyl (C=O) groups is 3. The zero-order valence-electron chi connectivity index (χ0n) is 13.3. The van der Waals surface area contributed by atoms with E-state index < -0.39 is 23.3 Å². The second-order valence-electron chi connectivity index (χ2n) is 6.23. The minimum Gasteiger partial charge on any atom is -0.325 e. The van der Waals surface area contributed by atoms with E-state index in [0.29, 0.717) is 10.6 Å². The van der Waals surface area contributed by atoms with Crippen molar-refractivity contribution in [3.63, 3.8) is 0 Å². The van der Waals surface area contributed by atoms with Crippen molar-refractivity contribution in [2.75, 3.05) is 0 Å². The normalized spacial score (nSPS) is 16.0. The lowest BCUT2D eigenvalue weighted by molar-refractivity contribution is -0.816. The Bertz CT molecular complexity index is 655. The summed E-state index contributed by atoms with van der Waals surface area (Å²) in [5.74, 6) is -1.82. The fourth-order valence-electron chi connectivity index (χ4n) is 1.83. The molecule has 0 radical (unpaired) electrons. The second kappa shape index (κ2) is 6.20. The van der Waals surface area contributed by atoms with Crippen LogP contribution in [0, 0.1) is 0 Å². The minimum atomic E-state index is -0.781. The molecule has 2 amide bonds. The van der Waals surface area contributed by atoms with Gasteiger partial charge in [0, 0.05) is 39.2 Å². The molecule has 7 nitrogen and oxygen atoms in total. The third-order valence-electron chi connectivity index (χ3n) is 3.29. The molecule has 0 spiro atoms. The maximum absolute atomic E-state index is 11.9. The predicted octanol–water partition coefficient (Wildman–Crippen LogP) is 1.53. The Balaban J connectivity index is 2.09. The van der Waals surface area contributed by atoms with E-state index in [2.05, 4.69) is 0 Å². The van der Waals surface area contributed by atoms with Gasteiger partial charge < -0.3 is 4.84 Å². The summed E-state index contributed by atoms with van der Waals surface area (Å²) in [7, 11) is 0. The van der Waals surface area contributed by atoms with E-state index in [4.69, 9.17) is 4.84 Å².